The van der Waals surface area contributed by atoms with Crippen LogP contribution in [0, 0.1) is 23.2 Å². The van der Waals surface area contributed by atoms with Crippen LogP contribution in [0.2, 0.25) is 0 Å². The quantitative estimate of drug-likeness (QED) is 0.323. The highest BCUT2D eigenvalue weighted by Gasteiger charge is 2.67. The number of ether oxygens (including phenoxy) is 4. The average molecular weight is 517 g/mol. The molecule has 7 atom stereocenters. The smallest absolute Gasteiger partial charge is 0.333 e. The molecular formula is C30H44O7. The molecule has 1 spiro atoms. The van der Waals surface area contributed by atoms with Gasteiger partial charge in [0, 0.05) is 30.8 Å². The summed E-state index contributed by atoms with van der Waals surface area (Å²) in [5, 5.41) is 11.2. The third-order valence-corrected chi connectivity index (χ3v) is 10.1. The van der Waals surface area contributed by atoms with Crippen molar-refractivity contribution in [3.8, 4) is 0 Å². The van der Waals surface area contributed by atoms with Crippen LogP contribution in [0.4, 0.5) is 0 Å². The molecule has 0 unspecified atom stereocenters. The van der Waals surface area contributed by atoms with Gasteiger partial charge >= 0.3 is 5.97 Å². The van der Waals surface area contributed by atoms with Crippen molar-refractivity contribution < 1.29 is 33.6 Å². The highest BCUT2D eigenvalue weighted by atomic mass is 16.7. The van der Waals surface area contributed by atoms with E-state index >= 15 is 0 Å². The number of cyclic esters (lactones) is 1. The van der Waals surface area contributed by atoms with E-state index in [0.29, 0.717) is 43.5 Å². The zero-order chi connectivity index (χ0) is 26.8. The van der Waals surface area contributed by atoms with Crippen LogP contribution in [0.25, 0.3) is 0 Å². The first-order chi connectivity index (χ1) is 17.3. The Morgan fingerprint density at radius 1 is 1.11 bits per heavy atom. The molecule has 5 rings (SSSR count). The molecule has 0 radical (unpaired) electrons. The third-order valence-electron chi connectivity index (χ3n) is 10.1. The predicted molar refractivity (Wildman–Crippen MR) is 138 cm³/mol. The van der Waals surface area contributed by atoms with Crippen molar-refractivity contribution in [3.63, 3.8) is 0 Å². The van der Waals surface area contributed by atoms with E-state index < -0.39 is 29.2 Å². The Kier molecular flexibility index (Phi) is 6.79. The minimum Gasteiger partial charge on any atom is -0.462 e. The lowest BCUT2D eigenvalue weighted by atomic mass is 9.57. The zero-order valence-corrected chi connectivity index (χ0v) is 23.1. The second kappa shape index (κ2) is 9.29. The normalized spacial score (nSPS) is 42.9. The number of rotatable bonds is 5. The van der Waals surface area contributed by atoms with Crippen LogP contribution < -0.4 is 0 Å². The molecule has 5 fully saturated rings. The van der Waals surface area contributed by atoms with E-state index in [4.69, 9.17) is 18.9 Å². The van der Waals surface area contributed by atoms with Crippen LogP contribution >= 0.6 is 0 Å². The molecular weight excluding hydrogens is 472 g/mol. The van der Waals surface area contributed by atoms with Crippen molar-refractivity contribution in [2.24, 2.45) is 23.2 Å². The van der Waals surface area contributed by atoms with Gasteiger partial charge in [-0.25, -0.2) is 4.79 Å². The Morgan fingerprint density at radius 3 is 2.51 bits per heavy atom. The molecule has 4 heterocycles. The fraction of sp³-hybridized carbons (Fsp3) is 0.800. The maximum atomic E-state index is 12.7. The van der Waals surface area contributed by atoms with Gasteiger partial charge in [0.2, 0.25) is 0 Å². The molecule has 0 amide bonds. The molecule has 0 aromatic carbocycles. The number of hydrogen-bond acceptors (Lipinski definition) is 7. The Morgan fingerprint density at radius 2 is 1.86 bits per heavy atom. The summed E-state index contributed by atoms with van der Waals surface area (Å²) in [7, 11) is 0. The molecule has 5 aliphatic rings. The standard InChI is InChI=1S/C30H44O7/c1-18-7-9-21(27(2,3)24(18)22(31)15-20-12-14-34-26(20)33)10-8-19-11-13-30(35-17-19)29(6)16-23(36-30)25(32)28(4,5)37-29/h15,19,21-24,31H,1,7-14,16-17H2,2-6H3/t19-,21-,22-,23-,24+,29-,30-/m0/s1. The van der Waals surface area contributed by atoms with Gasteiger partial charge in [0.05, 0.1) is 19.3 Å². The van der Waals surface area contributed by atoms with E-state index in [-0.39, 0.29) is 23.1 Å². The summed E-state index contributed by atoms with van der Waals surface area (Å²) in [6.45, 7) is 15.5. The molecule has 37 heavy (non-hydrogen) atoms. The van der Waals surface area contributed by atoms with Gasteiger partial charge in [-0.1, -0.05) is 26.0 Å². The molecule has 0 aromatic heterocycles. The summed E-state index contributed by atoms with van der Waals surface area (Å²) in [4.78, 5) is 24.7. The van der Waals surface area contributed by atoms with E-state index in [0.717, 1.165) is 44.1 Å². The number of carbonyl (C=O) groups excluding carboxylic acids is 2. The fourth-order valence-electron chi connectivity index (χ4n) is 7.92. The minimum absolute atomic E-state index is 0.00546. The molecule has 1 aliphatic carbocycles. The Bertz CT molecular complexity index is 986. The Balaban J connectivity index is 1.20. The summed E-state index contributed by atoms with van der Waals surface area (Å²) in [6.07, 6.45) is 7.35. The van der Waals surface area contributed by atoms with Crippen molar-refractivity contribution in [1.29, 1.82) is 0 Å². The lowest BCUT2D eigenvalue weighted by molar-refractivity contribution is -0.316. The van der Waals surface area contributed by atoms with Gasteiger partial charge in [-0.05, 0) is 76.2 Å². The molecule has 7 heteroatoms. The molecule has 1 N–H and O–H groups in total. The van der Waals surface area contributed by atoms with E-state index in [1.807, 2.05) is 20.8 Å². The second-order valence-electron chi connectivity index (χ2n) is 13.3. The lowest BCUT2D eigenvalue weighted by Gasteiger charge is -2.49. The fourth-order valence-corrected chi connectivity index (χ4v) is 7.92. The number of esters is 1. The Labute approximate surface area is 220 Å². The van der Waals surface area contributed by atoms with Gasteiger partial charge in [0.1, 0.15) is 17.3 Å². The summed E-state index contributed by atoms with van der Waals surface area (Å²) in [5.41, 5.74) is 0.0230. The predicted octanol–water partition coefficient (Wildman–Crippen LogP) is 4.66. The lowest BCUT2D eigenvalue weighted by Crippen LogP contribution is -2.59. The van der Waals surface area contributed by atoms with Gasteiger partial charge in [-0.15, -0.1) is 0 Å². The summed E-state index contributed by atoms with van der Waals surface area (Å²) >= 11 is 0. The van der Waals surface area contributed by atoms with E-state index in [1.54, 1.807) is 6.08 Å². The Hall–Kier alpha value is -1.54. The van der Waals surface area contributed by atoms with Gasteiger partial charge in [0.25, 0.3) is 0 Å². The highest BCUT2D eigenvalue weighted by Crippen LogP contribution is 2.55. The molecule has 0 aromatic rings. The summed E-state index contributed by atoms with van der Waals surface area (Å²) in [5.74, 6) is -0.394. The molecule has 1 saturated carbocycles. The van der Waals surface area contributed by atoms with Crippen LogP contribution in [-0.4, -0.2) is 59.3 Å². The zero-order valence-electron chi connectivity index (χ0n) is 23.1. The van der Waals surface area contributed by atoms with Gasteiger partial charge < -0.3 is 24.1 Å². The van der Waals surface area contributed by atoms with Crippen molar-refractivity contribution in [2.45, 2.75) is 115 Å². The van der Waals surface area contributed by atoms with E-state index in [2.05, 4.69) is 20.4 Å². The second-order valence-corrected chi connectivity index (χ2v) is 13.3. The maximum absolute atomic E-state index is 12.7. The van der Waals surface area contributed by atoms with Crippen molar-refractivity contribution in [1.82, 2.24) is 0 Å². The van der Waals surface area contributed by atoms with Crippen LogP contribution in [0.5, 0.6) is 0 Å². The molecule has 4 saturated heterocycles. The third kappa shape index (κ3) is 4.54. The maximum Gasteiger partial charge on any atom is 0.333 e. The highest BCUT2D eigenvalue weighted by molar-refractivity contribution is 5.92. The van der Waals surface area contributed by atoms with Gasteiger partial charge in [0.15, 0.2) is 11.6 Å². The SMILES string of the molecule is C=C1CC[C@@H](CC[C@H]2CC[C@]3(OC2)O[C@H]2C[C@]3(C)OC(C)(C)C2=O)C(C)(C)[C@H]1[C@@H](O)C=C1CCOC1=O. The molecule has 7 nitrogen and oxygen atoms in total. The van der Waals surface area contributed by atoms with Crippen molar-refractivity contribution in [2.75, 3.05) is 13.2 Å². The van der Waals surface area contributed by atoms with Gasteiger partial charge in [-0.2, -0.15) is 0 Å². The van der Waals surface area contributed by atoms with Crippen LogP contribution in [0.15, 0.2) is 23.8 Å². The summed E-state index contributed by atoms with van der Waals surface area (Å²) < 4.78 is 24.1. The number of fused-ring (bicyclic) bond motifs is 3. The molecule has 2 bridgehead atoms. The van der Waals surface area contributed by atoms with E-state index in [1.165, 1.54) is 0 Å². The van der Waals surface area contributed by atoms with Crippen molar-refractivity contribution >= 4 is 11.8 Å². The van der Waals surface area contributed by atoms with Crippen LogP contribution in [-0.2, 0) is 28.5 Å². The molecule has 4 aliphatic heterocycles. The number of carbonyl (C=O) groups is 2. The van der Waals surface area contributed by atoms with Crippen LogP contribution in [0.3, 0.4) is 0 Å². The average Bonchev–Trinajstić information content (AvgIpc) is 3.31. The number of Topliss-reactive ketones (excluding diaryl/α,β-unsaturated/α-hetero) is 1. The van der Waals surface area contributed by atoms with Gasteiger partial charge in [-0.3, -0.25) is 4.79 Å². The number of aliphatic hydroxyl groups is 1. The van der Waals surface area contributed by atoms with Crippen molar-refractivity contribution in [3.05, 3.63) is 23.8 Å². The minimum atomic E-state index is -0.854. The molecule has 206 valence electrons. The number of hydrogen-bond donors (Lipinski definition) is 1. The van der Waals surface area contributed by atoms with E-state index in [9.17, 15) is 14.7 Å². The number of aliphatic hydroxyl groups excluding tert-OH is 1. The largest absolute Gasteiger partial charge is 0.462 e. The monoisotopic (exact) mass is 516 g/mol. The topological polar surface area (TPSA) is 91.3 Å². The summed E-state index contributed by atoms with van der Waals surface area (Å²) in [6, 6.07) is 0. The first kappa shape index (κ1) is 27.0. The van der Waals surface area contributed by atoms with Crippen LogP contribution in [0.1, 0.15) is 86.0 Å². The first-order valence-corrected chi connectivity index (χ1v) is 14.1. The first-order valence-electron chi connectivity index (χ1n) is 14.1. The number of ketones is 1.